The summed E-state index contributed by atoms with van der Waals surface area (Å²) in [6.07, 6.45) is 9.74. The average Bonchev–Trinajstić information content (AvgIpc) is 2.72. The summed E-state index contributed by atoms with van der Waals surface area (Å²) in [5.41, 5.74) is 0. The van der Waals surface area contributed by atoms with Gasteiger partial charge < -0.3 is 10.2 Å². The largest absolute Gasteiger partial charge is 0.659 e. The van der Waals surface area contributed by atoms with E-state index < -0.39 is 0 Å². The van der Waals surface area contributed by atoms with Crippen LogP contribution in [0.4, 0.5) is 0 Å². The summed E-state index contributed by atoms with van der Waals surface area (Å²) in [6.45, 7) is 25.5. The van der Waals surface area contributed by atoms with Crippen LogP contribution in [0.5, 0.6) is 0 Å². The molecule has 2 fully saturated rings. The Hall–Kier alpha value is 0.634. The zero-order valence-corrected chi connectivity index (χ0v) is 24.8. The van der Waals surface area contributed by atoms with Gasteiger partial charge in [-0.05, 0) is 61.4 Å². The molecule has 3 heteroatoms. The van der Waals surface area contributed by atoms with Crippen molar-refractivity contribution in [2.75, 3.05) is 19.6 Å². The molecule has 4 unspecified atom stereocenters. The normalized spacial score (nSPS) is 31.7. The van der Waals surface area contributed by atoms with Crippen molar-refractivity contribution in [2.24, 2.45) is 47.3 Å². The van der Waals surface area contributed by atoms with Crippen LogP contribution >= 0.6 is 0 Å². The molecule has 0 amide bonds. The molecular formula is C29H57N2Ti-. The molecule has 0 radical (unpaired) electrons. The van der Waals surface area contributed by atoms with Gasteiger partial charge in [-0.25, -0.2) is 0 Å². The molecule has 2 saturated carbocycles. The molecule has 2 aliphatic rings. The van der Waals surface area contributed by atoms with Crippen LogP contribution in [0.15, 0.2) is 0 Å². The van der Waals surface area contributed by atoms with Crippen LogP contribution in [0.3, 0.4) is 0 Å². The monoisotopic (exact) mass is 481 g/mol. The van der Waals surface area contributed by atoms with E-state index in [1.807, 2.05) is 0 Å². The predicted octanol–water partition coefficient (Wildman–Crippen LogP) is 8.26. The standard InChI is InChI=1S/C29H57N2.Ti/c1-10-31(29-26(22(6)7)16-12-17-27(29)23(8)9)19-13-18-30-28-24(20(2)3)14-11-15-25(28)21(4)5;/h20-29H,10-19H2,1-9H3;/q-1;. The molecule has 0 aromatic heterocycles. The van der Waals surface area contributed by atoms with Gasteiger partial charge in [0.05, 0.1) is 0 Å². The van der Waals surface area contributed by atoms with Crippen molar-refractivity contribution in [2.45, 2.75) is 119 Å². The maximum Gasteiger partial charge on any atom is 0.0156 e. The molecule has 0 heterocycles. The van der Waals surface area contributed by atoms with E-state index >= 15 is 0 Å². The number of hydrogen-bond donors (Lipinski definition) is 0. The Morgan fingerprint density at radius 2 is 1.09 bits per heavy atom. The van der Waals surface area contributed by atoms with E-state index in [1.165, 1.54) is 58.0 Å². The van der Waals surface area contributed by atoms with Crippen molar-refractivity contribution >= 4 is 0 Å². The van der Waals surface area contributed by atoms with Gasteiger partial charge in [0.15, 0.2) is 0 Å². The first-order chi connectivity index (χ1) is 14.7. The fourth-order valence-corrected chi connectivity index (χ4v) is 7.25. The Morgan fingerprint density at radius 1 is 0.688 bits per heavy atom. The minimum Gasteiger partial charge on any atom is -0.659 e. The minimum atomic E-state index is 0. The van der Waals surface area contributed by atoms with Gasteiger partial charge in [-0.3, -0.25) is 0 Å². The summed E-state index contributed by atoms with van der Waals surface area (Å²) in [5.74, 6) is 6.47. The van der Waals surface area contributed by atoms with Gasteiger partial charge in [-0.15, -0.1) is 12.6 Å². The Labute approximate surface area is 217 Å². The fourth-order valence-electron chi connectivity index (χ4n) is 7.25. The van der Waals surface area contributed by atoms with Crippen LogP contribution in [-0.2, 0) is 21.7 Å². The molecule has 0 bridgehead atoms. The molecule has 188 valence electrons. The van der Waals surface area contributed by atoms with Crippen molar-refractivity contribution in [1.82, 2.24) is 4.90 Å². The Morgan fingerprint density at radius 3 is 1.47 bits per heavy atom. The molecule has 0 aromatic carbocycles. The van der Waals surface area contributed by atoms with Crippen LogP contribution in [-0.4, -0.2) is 36.6 Å². The molecular weight excluding hydrogens is 424 g/mol. The first kappa shape index (κ1) is 30.7. The van der Waals surface area contributed by atoms with E-state index in [4.69, 9.17) is 5.32 Å². The summed E-state index contributed by atoms with van der Waals surface area (Å²) in [5, 5.41) is 5.42. The van der Waals surface area contributed by atoms with Gasteiger partial charge in [-0.2, -0.15) is 0 Å². The zero-order chi connectivity index (χ0) is 23.1. The predicted molar refractivity (Wildman–Crippen MR) is 139 cm³/mol. The van der Waals surface area contributed by atoms with Crippen molar-refractivity contribution in [3.63, 3.8) is 0 Å². The molecule has 2 nitrogen and oxygen atoms in total. The van der Waals surface area contributed by atoms with Crippen molar-refractivity contribution in [3.8, 4) is 0 Å². The Bertz CT molecular complexity index is 458. The van der Waals surface area contributed by atoms with E-state index in [0.29, 0.717) is 6.04 Å². The van der Waals surface area contributed by atoms with Crippen molar-refractivity contribution in [3.05, 3.63) is 5.32 Å². The minimum absolute atomic E-state index is 0. The van der Waals surface area contributed by atoms with Gasteiger partial charge in [0.1, 0.15) is 0 Å². The quantitative estimate of drug-likeness (QED) is 0.214. The van der Waals surface area contributed by atoms with Crippen LogP contribution in [0, 0.1) is 47.3 Å². The second-order valence-electron chi connectivity index (χ2n) is 12.4. The summed E-state index contributed by atoms with van der Waals surface area (Å²) in [6, 6.07) is 1.38. The van der Waals surface area contributed by atoms with Gasteiger partial charge in [0.2, 0.25) is 0 Å². The SMILES string of the molecule is CCN(CCC[N-]C1C(C(C)C)CCCC1C(C)C)C1C(C(C)C)CCCC1C(C)C.[Ti]. The van der Waals surface area contributed by atoms with E-state index in [9.17, 15) is 0 Å². The smallest absolute Gasteiger partial charge is 0.0156 e. The number of nitrogens with zero attached hydrogens (tertiary/aromatic N) is 2. The Kier molecular flexibility index (Phi) is 14.3. The van der Waals surface area contributed by atoms with Gasteiger partial charge in [0.25, 0.3) is 0 Å². The van der Waals surface area contributed by atoms with Gasteiger partial charge >= 0.3 is 0 Å². The van der Waals surface area contributed by atoms with E-state index in [0.717, 1.165) is 59.9 Å². The molecule has 4 atom stereocenters. The fraction of sp³-hybridized carbons (Fsp3) is 1.00. The summed E-state index contributed by atoms with van der Waals surface area (Å²) >= 11 is 0. The van der Waals surface area contributed by atoms with Crippen LogP contribution < -0.4 is 0 Å². The van der Waals surface area contributed by atoms with E-state index in [1.54, 1.807) is 0 Å². The molecule has 0 aromatic rings. The third-order valence-corrected chi connectivity index (χ3v) is 9.10. The number of rotatable bonds is 11. The van der Waals surface area contributed by atoms with Crippen LogP contribution in [0.2, 0.25) is 0 Å². The molecule has 2 rings (SSSR count). The van der Waals surface area contributed by atoms with E-state index in [-0.39, 0.29) is 21.7 Å². The van der Waals surface area contributed by atoms with Crippen molar-refractivity contribution < 1.29 is 21.7 Å². The van der Waals surface area contributed by atoms with Crippen LogP contribution in [0.25, 0.3) is 5.32 Å². The Balaban J connectivity index is 0.00000512. The van der Waals surface area contributed by atoms with Crippen LogP contribution in [0.1, 0.15) is 107 Å². The average molecular weight is 482 g/mol. The first-order valence-corrected chi connectivity index (χ1v) is 14.1. The second-order valence-corrected chi connectivity index (χ2v) is 12.4. The summed E-state index contributed by atoms with van der Waals surface area (Å²) in [4.78, 5) is 2.87. The molecule has 0 saturated heterocycles. The third kappa shape index (κ3) is 8.10. The zero-order valence-electron chi connectivity index (χ0n) is 23.2. The maximum atomic E-state index is 5.42. The first-order valence-electron chi connectivity index (χ1n) is 14.1. The van der Waals surface area contributed by atoms with Crippen molar-refractivity contribution in [1.29, 1.82) is 0 Å². The third-order valence-electron chi connectivity index (χ3n) is 9.10. The van der Waals surface area contributed by atoms with Gasteiger partial charge in [-0.1, -0.05) is 106 Å². The molecule has 2 aliphatic carbocycles. The maximum absolute atomic E-state index is 5.42. The molecule has 0 N–H and O–H groups in total. The number of hydrogen-bond acceptors (Lipinski definition) is 1. The molecule has 32 heavy (non-hydrogen) atoms. The van der Waals surface area contributed by atoms with Gasteiger partial charge in [0, 0.05) is 27.8 Å². The molecule has 0 aliphatic heterocycles. The van der Waals surface area contributed by atoms with E-state index in [2.05, 4.69) is 67.2 Å². The second kappa shape index (κ2) is 14.9. The topological polar surface area (TPSA) is 17.3 Å². The summed E-state index contributed by atoms with van der Waals surface area (Å²) in [7, 11) is 0. The summed E-state index contributed by atoms with van der Waals surface area (Å²) < 4.78 is 0. The molecule has 0 spiro atoms.